The molecule has 98 valence electrons. The van der Waals surface area contributed by atoms with Crippen LogP contribution >= 0.6 is 0 Å². The van der Waals surface area contributed by atoms with Crippen LogP contribution in [-0.4, -0.2) is 5.91 Å². The van der Waals surface area contributed by atoms with Gasteiger partial charge in [0, 0.05) is 0 Å². The minimum atomic E-state index is -0.598. The number of nitriles is 1. The molecule has 0 spiro atoms. The number of benzene rings is 2. The van der Waals surface area contributed by atoms with E-state index in [4.69, 9.17) is 11.1 Å². The molecule has 4 nitrogen and oxygen atoms in total. The molecule has 0 fully saturated rings. The largest absolute Gasteiger partial charge is 0.290 e. The van der Waals surface area contributed by atoms with Crippen LogP contribution in [0.4, 0.5) is 0 Å². The van der Waals surface area contributed by atoms with Gasteiger partial charge >= 0.3 is 0 Å². The summed E-state index contributed by atoms with van der Waals surface area (Å²) in [5, 5.41) is 8.89. The number of carbonyl (C=O) groups is 1. The average Bonchev–Trinajstić information content (AvgIpc) is 2.53. The van der Waals surface area contributed by atoms with Crippen LogP contribution in [0.5, 0.6) is 0 Å². The normalized spacial score (nSPS) is 10.7. The highest BCUT2D eigenvalue weighted by Gasteiger charge is 2.06. The van der Waals surface area contributed by atoms with Gasteiger partial charge in [-0.15, -0.1) is 0 Å². The van der Waals surface area contributed by atoms with Crippen LogP contribution < -0.4 is 11.3 Å². The lowest BCUT2D eigenvalue weighted by Gasteiger charge is -2.02. The summed E-state index contributed by atoms with van der Waals surface area (Å²) in [6, 6.07) is 19.4. The SMILES string of the molecule is N#C/C(=C\c1ccc(-c2ccccc2)cc1)C(=O)NN. The molecule has 0 radical (unpaired) electrons. The van der Waals surface area contributed by atoms with E-state index in [0.717, 1.165) is 16.7 Å². The summed E-state index contributed by atoms with van der Waals surface area (Å²) in [6.45, 7) is 0. The number of hydrogen-bond donors (Lipinski definition) is 2. The number of carbonyl (C=O) groups excluding carboxylic acids is 1. The summed E-state index contributed by atoms with van der Waals surface area (Å²) >= 11 is 0. The van der Waals surface area contributed by atoms with Crippen molar-refractivity contribution in [2.45, 2.75) is 0 Å². The van der Waals surface area contributed by atoms with Gasteiger partial charge in [-0.1, -0.05) is 54.6 Å². The first kappa shape index (κ1) is 13.5. The van der Waals surface area contributed by atoms with Gasteiger partial charge in [0.25, 0.3) is 5.91 Å². The summed E-state index contributed by atoms with van der Waals surface area (Å²) in [6.07, 6.45) is 1.50. The zero-order valence-electron chi connectivity index (χ0n) is 10.7. The summed E-state index contributed by atoms with van der Waals surface area (Å²) in [5.41, 5.74) is 4.87. The monoisotopic (exact) mass is 263 g/mol. The van der Waals surface area contributed by atoms with Crippen LogP contribution in [0.1, 0.15) is 5.56 Å². The zero-order chi connectivity index (χ0) is 14.4. The van der Waals surface area contributed by atoms with Crippen LogP contribution in [0.15, 0.2) is 60.2 Å². The van der Waals surface area contributed by atoms with E-state index < -0.39 is 5.91 Å². The predicted molar refractivity (Wildman–Crippen MR) is 77.8 cm³/mol. The highest BCUT2D eigenvalue weighted by Crippen LogP contribution is 2.20. The van der Waals surface area contributed by atoms with Crippen LogP contribution in [0.25, 0.3) is 17.2 Å². The molecule has 2 aromatic carbocycles. The van der Waals surface area contributed by atoms with Crippen molar-refractivity contribution in [3.05, 3.63) is 65.7 Å². The first-order valence-corrected chi connectivity index (χ1v) is 6.03. The molecule has 4 heteroatoms. The Kier molecular flexibility index (Phi) is 4.28. The molecule has 0 atom stereocenters. The van der Waals surface area contributed by atoms with Gasteiger partial charge in [0.15, 0.2) is 0 Å². The lowest BCUT2D eigenvalue weighted by Crippen LogP contribution is -2.30. The standard InChI is InChI=1S/C16H13N3O/c17-11-15(16(20)19-18)10-12-6-8-14(9-7-12)13-4-2-1-3-5-13/h1-10H,18H2,(H,19,20)/b15-10+. The van der Waals surface area contributed by atoms with Crippen LogP contribution in [0, 0.1) is 11.3 Å². The second-order valence-corrected chi connectivity index (χ2v) is 4.13. The van der Waals surface area contributed by atoms with E-state index >= 15 is 0 Å². The van der Waals surface area contributed by atoms with Gasteiger partial charge in [-0.05, 0) is 22.8 Å². The number of amides is 1. The van der Waals surface area contributed by atoms with E-state index in [1.165, 1.54) is 6.08 Å². The van der Waals surface area contributed by atoms with Gasteiger partial charge in [-0.2, -0.15) is 5.26 Å². The van der Waals surface area contributed by atoms with Gasteiger partial charge in [-0.25, -0.2) is 5.84 Å². The Morgan fingerprint density at radius 3 is 2.20 bits per heavy atom. The molecule has 20 heavy (non-hydrogen) atoms. The fourth-order valence-electron chi connectivity index (χ4n) is 1.80. The number of hydrogen-bond acceptors (Lipinski definition) is 3. The average molecular weight is 263 g/mol. The molecule has 0 unspecified atom stereocenters. The van der Waals surface area contributed by atoms with E-state index in [1.54, 1.807) is 0 Å². The topological polar surface area (TPSA) is 78.9 Å². The second kappa shape index (κ2) is 6.32. The van der Waals surface area contributed by atoms with E-state index in [2.05, 4.69) is 0 Å². The van der Waals surface area contributed by atoms with Gasteiger partial charge in [0.05, 0.1) is 0 Å². The Morgan fingerprint density at radius 1 is 1.05 bits per heavy atom. The number of nitrogens with zero attached hydrogens (tertiary/aromatic N) is 1. The fraction of sp³-hybridized carbons (Fsp3) is 0. The Hall–Kier alpha value is -2.90. The summed E-state index contributed by atoms with van der Waals surface area (Å²) in [5.74, 6) is 4.41. The maximum Gasteiger partial charge on any atom is 0.275 e. The highest BCUT2D eigenvalue weighted by atomic mass is 16.2. The van der Waals surface area contributed by atoms with Crippen molar-refractivity contribution in [1.29, 1.82) is 5.26 Å². The molecule has 1 amide bonds. The molecular weight excluding hydrogens is 250 g/mol. The molecule has 0 saturated heterocycles. The van der Waals surface area contributed by atoms with Crippen LogP contribution in [0.3, 0.4) is 0 Å². The molecule has 2 aromatic rings. The quantitative estimate of drug-likeness (QED) is 0.293. The van der Waals surface area contributed by atoms with Crippen LogP contribution in [-0.2, 0) is 4.79 Å². The van der Waals surface area contributed by atoms with Gasteiger partial charge in [-0.3, -0.25) is 10.2 Å². The first-order chi connectivity index (χ1) is 9.74. The summed E-state index contributed by atoms with van der Waals surface area (Å²) in [7, 11) is 0. The lowest BCUT2D eigenvalue weighted by molar-refractivity contribution is -0.117. The third-order valence-electron chi connectivity index (χ3n) is 2.82. The van der Waals surface area contributed by atoms with E-state index in [1.807, 2.05) is 66.1 Å². The molecule has 0 heterocycles. The van der Waals surface area contributed by atoms with Gasteiger partial charge < -0.3 is 0 Å². The van der Waals surface area contributed by atoms with Crippen molar-refractivity contribution in [1.82, 2.24) is 5.43 Å². The number of nitrogens with two attached hydrogens (primary N) is 1. The van der Waals surface area contributed by atoms with E-state index in [0.29, 0.717) is 0 Å². The third-order valence-corrected chi connectivity index (χ3v) is 2.82. The zero-order valence-corrected chi connectivity index (χ0v) is 10.7. The van der Waals surface area contributed by atoms with Crippen LogP contribution in [0.2, 0.25) is 0 Å². The number of rotatable bonds is 3. The molecule has 0 aromatic heterocycles. The minimum Gasteiger partial charge on any atom is -0.290 e. The Bertz CT molecular complexity index is 667. The number of hydrazine groups is 1. The van der Waals surface area contributed by atoms with Crippen molar-refractivity contribution in [3.63, 3.8) is 0 Å². The third kappa shape index (κ3) is 3.10. The maximum atomic E-state index is 11.3. The first-order valence-electron chi connectivity index (χ1n) is 6.03. The predicted octanol–water partition coefficient (Wildman–Crippen LogP) is 2.25. The van der Waals surface area contributed by atoms with Crippen molar-refractivity contribution in [2.24, 2.45) is 5.84 Å². The summed E-state index contributed by atoms with van der Waals surface area (Å²) < 4.78 is 0. The Labute approximate surface area is 117 Å². The van der Waals surface area contributed by atoms with Crippen molar-refractivity contribution in [3.8, 4) is 17.2 Å². The van der Waals surface area contributed by atoms with Crippen molar-refractivity contribution < 1.29 is 4.79 Å². The maximum absolute atomic E-state index is 11.3. The van der Waals surface area contributed by atoms with E-state index in [-0.39, 0.29) is 5.57 Å². The van der Waals surface area contributed by atoms with Gasteiger partial charge in [0.1, 0.15) is 11.6 Å². The molecule has 0 aliphatic rings. The Morgan fingerprint density at radius 2 is 1.65 bits per heavy atom. The Balaban J connectivity index is 2.27. The second-order valence-electron chi connectivity index (χ2n) is 4.13. The van der Waals surface area contributed by atoms with Crippen molar-refractivity contribution in [2.75, 3.05) is 0 Å². The molecule has 0 saturated carbocycles. The number of nitrogens with one attached hydrogen (secondary N) is 1. The molecule has 3 N–H and O–H groups in total. The summed E-state index contributed by atoms with van der Waals surface area (Å²) in [4.78, 5) is 11.3. The molecular formula is C16H13N3O. The fourth-order valence-corrected chi connectivity index (χ4v) is 1.80. The van der Waals surface area contributed by atoms with Crippen molar-refractivity contribution >= 4 is 12.0 Å². The molecule has 0 aliphatic carbocycles. The smallest absolute Gasteiger partial charge is 0.275 e. The van der Waals surface area contributed by atoms with E-state index in [9.17, 15) is 4.79 Å². The highest BCUT2D eigenvalue weighted by molar-refractivity contribution is 6.01. The lowest BCUT2D eigenvalue weighted by atomic mass is 10.0. The van der Waals surface area contributed by atoms with Gasteiger partial charge in [0.2, 0.25) is 0 Å². The molecule has 0 bridgehead atoms. The molecule has 0 aliphatic heterocycles. The molecule has 2 rings (SSSR count). The minimum absolute atomic E-state index is 0.0278.